The summed E-state index contributed by atoms with van der Waals surface area (Å²) in [5.74, 6) is -0.363. The highest BCUT2D eigenvalue weighted by molar-refractivity contribution is 7.80. The number of anilines is 2. The number of hydrogen-bond acceptors (Lipinski definition) is 2. The highest BCUT2D eigenvalue weighted by Crippen LogP contribution is 2.33. The second kappa shape index (κ2) is 5.21. The second-order valence-corrected chi connectivity index (χ2v) is 5.35. The van der Waals surface area contributed by atoms with Crippen LogP contribution in [0.25, 0.3) is 0 Å². The summed E-state index contributed by atoms with van der Waals surface area (Å²) in [4.78, 5) is 2.23. The zero-order valence-corrected chi connectivity index (χ0v) is 11.8. The van der Waals surface area contributed by atoms with Gasteiger partial charge in [-0.05, 0) is 42.7 Å². The minimum absolute atomic E-state index is 0.0908. The third-order valence-electron chi connectivity index (χ3n) is 3.64. The first-order valence-corrected chi connectivity index (χ1v) is 7.02. The van der Waals surface area contributed by atoms with E-state index in [0.29, 0.717) is 5.56 Å². The molecule has 0 aliphatic carbocycles. The predicted molar refractivity (Wildman–Crippen MR) is 84.1 cm³/mol. The van der Waals surface area contributed by atoms with Gasteiger partial charge in [-0.15, -0.1) is 0 Å². The third-order valence-corrected chi connectivity index (χ3v) is 3.86. The molecule has 1 heterocycles. The molecule has 0 fully saturated rings. The molecule has 0 saturated carbocycles. The molecule has 0 radical (unpaired) electrons. The minimum atomic E-state index is -0.363. The largest absolute Gasteiger partial charge is 0.389 e. The summed E-state index contributed by atoms with van der Waals surface area (Å²) in [6.07, 6.45) is 2.13. The van der Waals surface area contributed by atoms with E-state index < -0.39 is 0 Å². The first kappa shape index (κ1) is 13.1. The lowest BCUT2D eigenvalue weighted by Gasteiger charge is -2.31. The number of thiocarbonyl (C=S) groups is 1. The smallest absolute Gasteiger partial charge is 0.135 e. The Bertz CT molecular complexity index is 669. The van der Waals surface area contributed by atoms with Crippen molar-refractivity contribution in [2.24, 2.45) is 5.73 Å². The molecule has 20 heavy (non-hydrogen) atoms. The molecule has 0 bridgehead atoms. The zero-order chi connectivity index (χ0) is 14.1. The maximum atomic E-state index is 14.0. The van der Waals surface area contributed by atoms with Gasteiger partial charge >= 0.3 is 0 Å². The van der Waals surface area contributed by atoms with Crippen LogP contribution < -0.4 is 10.6 Å². The molecule has 102 valence electrons. The normalized spacial score (nSPS) is 13.9. The molecular weight excluding hydrogens is 271 g/mol. The van der Waals surface area contributed by atoms with E-state index in [1.807, 2.05) is 18.2 Å². The first-order chi connectivity index (χ1) is 9.66. The van der Waals surface area contributed by atoms with E-state index in [2.05, 4.69) is 17.0 Å². The summed E-state index contributed by atoms with van der Waals surface area (Å²) in [5.41, 5.74) is 9.10. The lowest BCUT2D eigenvalue weighted by atomic mass is 10.0. The molecule has 4 heteroatoms. The topological polar surface area (TPSA) is 29.3 Å². The molecule has 0 saturated heterocycles. The average Bonchev–Trinajstić information content (AvgIpc) is 2.46. The minimum Gasteiger partial charge on any atom is -0.389 e. The fraction of sp³-hybridized carbons (Fsp3) is 0.188. The number of para-hydroxylation sites is 1. The molecule has 1 aliphatic heterocycles. The van der Waals surface area contributed by atoms with E-state index in [-0.39, 0.29) is 10.8 Å². The van der Waals surface area contributed by atoms with Gasteiger partial charge in [-0.25, -0.2) is 4.39 Å². The molecule has 0 aromatic heterocycles. The van der Waals surface area contributed by atoms with Crippen LogP contribution in [-0.4, -0.2) is 11.5 Å². The number of halogens is 1. The van der Waals surface area contributed by atoms with Gasteiger partial charge in [0.15, 0.2) is 0 Å². The van der Waals surface area contributed by atoms with E-state index in [9.17, 15) is 4.39 Å². The lowest BCUT2D eigenvalue weighted by Crippen LogP contribution is -2.24. The van der Waals surface area contributed by atoms with Crippen molar-refractivity contribution in [1.29, 1.82) is 0 Å². The van der Waals surface area contributed by atoms with Gasteiger partial charge in [-0.2, -0.15) is 0 Å². The van der Waals surface area contributed by atoms with Gasteiger partial charge < -0.3 is 10.6 Å². The predicted octanol–water partition coefficient (Wildman–Crippen LogP) is 3.54. The Hall–Kier alpha value is -1.94. The summed E-state index contributed by atoms with van der Waals surface area (Å²) in [6.45, 7) is 0.892. The molecule has 2 aromatic rings. The Morgan fingerprint density at radius 2 is 2.00 bits per heavy atom. The summed E-state index contributed by atoms with van der Waals surface area (Å²) >= 11 is 4.84. The van der Waals surface area contributed by atoms with Gasteiger partial charge in [0.2, 0.25) is 0 Å². The molecule has 2 nitrogen and oxygen atoms in total. The summed E-state index contributed by atoms with van der Waals surface area (Å²) in [6, 6.07) is 13.3. The summed E-state index contributed by atoms with van der Waals surface area (Å²) in [5, 5.41) is 0. The van der Waals surface area contributed by atoms with Crippen molar-refractivity contribution in [2.45, 2.75) is 12.8 Å². The van der Waals surface area contributed by atoms with Crippen molar-refractivity contribution < 1.29 is 4.39 Å². The van der Waals surface area contributed by atoms with Crippen molar-refractivity contribution in [3.8, 4) is 0 Å². The number of hydrogen-bond donors (Lipinski definition) is 1. The van der Waals surface area contributed by atoms with Crippen molar-refractivity contribution >= 4 is 28.6 Å². The van der Waals surface area contributed by atoms with Gasteiger partial charge in [0.05, 0.1) is 0 Å². The molecule has 0 spiro atoms. The van der Waals surface area contributed by atoms with Crippen LogP contribution in [0.5, 0.6) is 0 Å². The standard InChI is InChI=1S/C16H15FN2S/c17-14-10-12(7-8-13(14)16(18)20)19-9-3-5-11-4-1-2-6-15(11)19/h1-2,4,6-8,10H,3,5,9H2,(H2,18,20). The van der Waals surface area contributed by atoms with Crippen LogP contribution in [-0.2, 0) is 6.42 Å². The van der Waals surface area contributed by atoms with Gasteiger partial charge in [-0.1, -0.05) is 30.4 Å². The van der Waals surface area contributed by atoms with E-state index in [1.54, 1.807) is 6.07 Å². The van der Waals surface area contributed by atoms with Crippen LogP contribution in [0.15, 0.2) is 42.5 Å². The maximum absolute atomic E-state index is 14.0. The fourth-order valence-corrected chi connectivity index (χ4v) is 2.84. The molecule has 0 atom stereocenters. The number of fused-ring (bicyclic) bond motifs is 1. The number of benzene rings is 2. The summed E-state index contributed by atoms with van der Waals surface area (Å²) < 4.78 is 14.0. The van der Waals surface area contributed by atoms with Crippen LogP contribution in [0.1, 0.15) is 17.5 Å². The van der Waals surface area contributed by atoms with Crippen molar-refractivity contribution in [1.82, 2.24) is 0 Å². The van der Waals surface area contributed by atoms with Crippen LogP contribution in [0.4, 0.5) is 15.8 Å². The molecular formula is C16H15FN2S. The Morgan fingerprint density at radius 1 is 1.20 bits per heavy atom. The van der Waals surface area contributed by atoms with Gasteiger partial charge in [-0.3, -0.25) is 0 Å². The Morgan fingerprint density at radius 3 is 2.75 bits per heavy atom. The van der Waals surface area contributed by atoms with Crippen molar-refractivity contribution in [3.05, 3.63) is 59.4 Å². The van der Waals surface area contributed by atoms with E-state index in [4.69, 9.17) is 18.0 Å². The highest BCUT2D eigenvalue weighted by Gasteiger charge is 2.18. The molecule has 3 rings (SSSR count). The zero-order valence-electron chi connectivity index (χ0n) is 11.0. The van der Waals surface area contributed by atoms with Gasteiger partial charge in [0.1, 0.15) is 10.8 Å². The lowest BCUT2D eigenvalue weighted by molar-refractivity contribution is 0.624. The maximum Gasteiger partial charge on any atom is 0.135 e. The van der Waals surface area contributed by atoms with Crippen LogP contribution in [0, 0.1) is 5.82 Å². The Kier molecular flexibility index (Phi) is 3.40. The van der Waals surface area contributed by atoms with E-state index >= 15 is 0 Å². The molecule has 1 aliphatic rings. The van der Waals surface area contributed by atoms with Gasteiger partial charge in [0, 0.05) is 23.5 Å². The van der Waals surface area contributed by atoms with Crippen LogP contribution >= 0.6 is 12.2 Å². The van der Waals surface area contributed by atoms with Crippen LogP contribution in [0.3, 0.4) is 0 Å². The molecule has 0 unspecified atom stereocenters. The number of rotatable bonds is 2. The van der Waals surface area contributed by atoms with E-state index in [1.165, 1.54) is 11.6 Å². The SMILES string of the molecule is NC(=S)c1ccc(N2CCCc3ccccc32)cc1F. The average molecular weight is 286 g/mol. The number of aryl methyl sites for hydroxylation is 1. The van der Waals surface area contributed by atoms with Crippen LogP contribution in [0.2, 0.25) is 0 Å². The molecule has 0 amide bonds. The van der Waals surface area contributed by atoms with Gasteiger partial charge in [0.25, 0.3) is 0 Å². The molecule has 2 N–H and O–H groups in total. The first-order valence-electron chi connectivity index (χ1n) is 6.61. The number of nitrogens with zero attached hydrogens (tertiary/aromatic N) is 1. The number of nitrogens with two attached hydrogens (primary N) is 1. The Labute approximate surface area is 123 Å². The van der Waals surface area contributed by atoms with E-state index in [0.717, 1.165) is 30.8 Å². The summed E-state index contributed by atoms with van der Waals surface area (Å²) in [7, 11) is 0. The quantitative estimate of drug-likeness (QED) is 0.856. The monoisotopic (exact) mass is 286 g/mol. The fourth-order valence-electron chi connectivity index (χ4n) is 2.67. The third kappa shape index (κ3) is 2.27. The Balaban J connectivity index is 2.03. The van der Waals surface area contributed by atoms with Crippen molar-refractivity contribution in [3.63, 3.8) is 0 Å². The second-order valence-electron chi connectivity index (χ2n) is 4.91. The highest BCUT2D eigenvalue weighted by atomic mass is 32.1. The molecule has 2 aromatic carbocycles. The van der Waals surface area contributed by atoms with Crippen molar-refractivity contribution in [2.75, 3.05) is 11.4 Å².